The number of anilines is 1. The van der Waals surface area contributed by atoms with Gasteiger partial charge in [-0.15, -0.1) is 0 Å². The first kappa shape index (κ1) is 18.8. The maximum Gasteiger partial charge on any atom is 0.339 e. The molecule has 28 heavy (non-hydrogen) atoms. The molecular formula is C19H12NO8-. The van der Waals surface area contributed by atoms with Crippen molar-refractivity contribution in [3.05, 3.63) is 64.2 Å². The van der Waals surface area contributed by atoms with Crippen molar-refractivity contribution in [3.63, 3.8) is 0 Å². The Labute approximate surface area is 158 Å². The molecule has 0 bridgehead atoms. The number of hydrogen-bond donors (Lipinski definition) is 0. The molecule has 0 saturated heterocycles. The van der Waals surface area contributed by atoms with Gasteiger partial charge in [0.1, 0.15) is 0 Å². The number of imide groups is 1. The molecule has 0 spiro atoms. The average Bonchev–Trinajstić information content (AvgIpc) is 2.96. The highest BCUT2D eigenvalue weighted by Crippen LogP contribution is 2.32. The smallest absolute Gasteiger partial charge is 0.339 e. The number of ether oxygens (including phenoxy) is 2. The Morgan fingerprint density at radius 2 is 1.43 bits per heavy atom. The number of nitrogens with zero attached hydrogens (tertiary/aromatic N) is 1. The van der Waals surface area contributed by atoms with Gasteiger partial charge in [0, 0.05) is 0 Å². The number of carbonyl (C=O) groups is 5. The molecule has 1 aliphatic heterocycles. The van der Waals surface area contributed by atoms with E-state index in [1.165, 1.54) is 18.2 Å². The number of esters is 2. The van der Waals surface area contributed by atoms with E-state index in [0.29, 0.717) is 4.90 Å². The molecule has 2 amide bonds. The SMILES string of the molecule is COC(=O)c1ccc(C(=O)OC)c(N2C(=O)c3ccc(C(=O)[O-])cc3C2=O)c1. The Kier molecular flexibility index (Phi) is 4.66. The zero-order valence-electron chi connectivity index (χ0n) is 14.7. The van der Waals surface area contributed by atoms with Crippen molar-refractivity contribution >= 4 is 35.4 Å². The van der Waals surface area contributed by atoms with Crippen molar-refractivity contribution in [2.75, 3.05) is 19.1 Å². The third-order valence-corrected chi connectivity index (χ3v) is 4.19. The molecule has 0 atom stereocenters. The van der Waals surface area contributed by atoms with E-state index >= 15 is 0 Å². The number of carboxylic acid groups (broad SMARTS) is 1. The number of hydrogen-bond acceptors (Lipinski definition) is 8. The largest absolute Gasteiger partial charge is 0.545 e. The Hall–Kier alpha value is -4.01. The summed E-state index contributed by atoms with van der Waals surface area (Å²) >= 11 is 0. The highest BCUT2D eigenvalue weighted by Gasteiger charge is 2.39. The monoisotopic (exact) mass is 382 g/mol. The van der Waals surface area contributed by atoms with E-state index in [4.69, 9.17) is 0 Å². The van der Waals surface area contributed by atoms with Gasteiger partial charge in [-0.1, -0.05) is 6.07 Å². The van der Waals surface area contributed by atoms with Crippen molar-refractivity contribution in [1.82, 2.24) is 0 Å². The Morgan fingerprint density at radius 3 is 2.04 bits per heavy atom. The van der Waals surface area contributed by atoms with Crippen molar-refractivity contribution in [2.24, 2.45) is 0 Å². The minimum Gasteiger partial charge on any atom is -0.545 e. The maximum absolute atomic E-state index is 12.8. The molecule has 9 nitrogen and oxygen atoms in total. The third kappa shape index (κ3) is 2.88. The van der Waals surface area contributed by atoms with Crippen LogP contribution in [-0.4, -0.2) is 43.9 Å². The Morgan fingerprint density at radius 1 is 0.821 bits per heavy atom. The maximum atomic E-state index is 12.8. The second kappa shape index (κ2) is 6.95. The molecule has 0 fully saturated rings. The summed E-state index contributed by atoms with van der Waals surface area (Å²) in [6.45, 7) is 0. The average molecular weight is 382 g/mol. The van der Waals surface area contributed by atoms with Gasteiger partial charge in [0.15, 0.2) is 0 Å². The lowest BCUT2D eigenvalue weighted by molar-refractivity contribution is -0.255. The van der Waals surface area contributed by atoms with E-state index in [9.17, 15) is 29.1 Å². The van der Waals surface area contributed by atoms with Gasteiger partial charge in [0.25, 0.3) is 11.8 Å². The summed E-state index contributed by atoms with van der Waals surface area (Å²) in [5.41, 5.74) is -0.809. The first-order valence-electron chi connectivity index (χ1n) is 7.85. The topological polar surface area (TPSA) is 130 Å². The second-order valence-corrected chi connectivity index (χ2v) is 5.71. The summed E-state index contributed by atoms with van der Waals surface area (Å²) in [5.74, 6) is -4.72. The molecule has 2 aromatic carbocycles. The van der Waals surface area contributed by atoms with Crippen LogP contribution in [-0.2, 0) is 9.47 Å². The standard InChI is InChI=1S/C19H13NO8/c1-27-18(25)10-4-6-12(19(26)28-2)14(8-10)20-15(21)11-5-3-9(17(23)24)7-13(11)16(20)22/h3-8H,1-2H3,(H,23,24)/p-1. The van der Waals surface area contributed by atoms with Gasteiger partial charge in [-0.2, -0.15) is 0 Å². The highest BCUT2D eigenvalue weighted by molar-refractivity contribution is 6.35. The number of rotatable bonds is 4. The predicted octanol–water partition coefficient (Wildman–Crippen LogP) is 0.424. The molecule has 0 N–H and O–H groups in total. The van der Waals surface area contributed by atoms with Crippen molar-refractivity contribution in [1.29, 1.82) is 0 Å². The highest BCUT2D eigenvalue weighted by atomic mass is 16.5. The zero-order valence-corrected chi connectivity index (χ0v) is 14.7. The fourth-order valence-electron chi connectivity index (χ4n) is 2.83. The number of fused-ring (bicyclic) bond motifs is 1. The van der Waals surface area contributed by atoms with Crippen LogP contribution < -0.4 is 10.0 Å². The second-order valence-electron chi connectivity index (χ2n) is 5.71. The van der Waals surface area contributed by atoms with Crippen LogP contribution in [0.1, 0.15) is 51.8 Å². The van der Waals surface area contributed by atoms with Crippen molar-refractivity contribution in [2.45, 2.75) is 0 Å². The lowest BCUT2D eigenvalue weighted by atomic mass is 10.1. The summed E-state index contributed by atoms with van der Waals surface area (Å²) in [6.07, 6.45) is 0. The van der Waals surface area contributed by atoms with Gasteiger partial charge in [-0.05, 0) is 35.9 Å². The molecule has 0 aliphatic carbocycles. The van der Waals surface area contributed by atoms with Crippen LogP contribution in [0.25, 0.3) is 0 Å². The molecular weight excluding hydrogens is 370 g/mol. The van der Waals surface area contributed by atoms with Gasteiger partial charge in [-0.3, -0.25) is 9.59 Å². The number of amides is 2. The lowest BCUT2D eigenvalue weighted by Crippen LogP contribution is -2.31. The summed E-state index contributed by atoms with van der Waals surface area (Å²) in [4.78, 5) is 61.3. The van der Waals surface area contributed by atoms with Gasteiger partial charge in [0.2, 0.25) is 0 Å². The van der Waals surface area contributed by atoms with Crippen LogP contribution in [0, 0.1) is 0 Å². The molecule has 0 radical (unpaired) electrons. The van der Waals surface area contributed by atoms with Crippen LogP contribution in [0.2, 0.25) is 0 Å². The molecule has 1 heterocycles. The summed E-state index contributed by atoms with van der Waals surface area (Å²) in [6, 6.07) is 7.00. The number of methoxy groups -OCH3 is 2. The van der Waals surface area contributed by atoms with Gasteiger partial charge in [-0.25, -0.2) is 14.5 Å². The molecule has 0 saturated carbocycles. The Bertz CT molecular complexity index is 1060. The molecule has 142 valence electrons. The van der Waals surface area contributed by atoms with Gasteiger partial charge in [0.05, 0.1) is 48.1 Å². The van der Waals surface area contributed by atoms with E-state index in [-0.39, 0.29) is 33.5 Å². The lowest BCUT2D eigenvalue weighted by Gasteiger charge is -2.18. The number of benzene rings is 2. The number of carboxylic acids is 1. The molecule has 3 rings (SSSR count). The van der Waals surface area contributed by atoms with Crippen LogP contribution in [0.3, 0.4) is 0 Å². The van der Waals surface area contributed by atoms with E-state index in [1.54, 1.807) is 0 Å². The molecule has 1 aliphatic rings. The van der Waals surface area contributed by atoms with E-state index in [0.717, 1.165) is 32.4 Å². The minimum absolute atomic E-state index is 0.00265. The van der Waals surface area contributed by atoms with Gasteiger partial charge >= 0.3 is 11.9 Å². The summed E-state index contributed by atoms with van der Waals surface area (Å²) in [7, 11) is 2.27. The third-order valence-electron chi connectivity index (χ3n) is 4.19. The predicted molar refractivity (Wildman–Crippen MR) is 91.0 cm³/mol. The van der Waals surface area contributed by atoms with E-state index in [1.807, 2.05) is 0 Å². The number of carbonyl (C=O) groups excluding carboxylic acids is 5. The normalized spacial score (nSPS) is 12.6. The van der Waals surface area contributed by atoms with E-state index in [2.05, 4.69) is 9.47 Å². The fraction of sp³-hybridized carbons (Fsp3) is 0.105. The quantitative estimate of drug-likeness (QED) is 0.549. The first-order valence-corrected chi connectivity index (χ1v) is 7.85. The van der Waals surface area contributed by atoms with Crippen molar-refractivity contribution < 1.29 is 38.6 Å². The van der Waals surface area contributed by atoms with Gasteiger partial charge < -0.3 is 19.4 Å². The molecule has 9 heteroatoms. The zero-order chi connectivity index (χ0) is 20.6. The van der Waals surface area contributed by atoms with Crippen LogP contribution in [0.5, 0.6) is 0 Å². The Balaban J connectivity index is 2.18. The van der Waals surface area contributed by atoms with Crippen LogP contribution in [0.4, 0.5) is 5.69 Å². The van der Waals surface area contributed by atoms with Crippen LogP contribution in [0.15, 0.2) is 36.4 Å². The molecule has 0 unspecified atom stereocenters. The van der Waals surface area contributed by atoms with Crippen molar-refractivity contribution in [3.8, 4) is 0 Å². The summed E-state index contributed by atoms with van der Waals surface area (Å²) in [5, 5.41) is 11.0. The number of aromatic carboxylic acids is 1. The molecule has 0 aromatic heterocycles. The first-order chi connectivity index (χ1) is 13.3. The molecule has 2 aromatic rings. The minimum atomic E-state index is -1.51. The van der Waals surface area contributed by atoms with E-state index < -0.39 is 29.7 Å². The summed E-state index contributed by atoms with van der Waals surface area (Å²) < 4.78 is 9.29. The van der Waals surface area contributed by atoms with Crippen LogP contribution >= 0.6 is 0 Å². The fourth-order valence-corrected chi connectivity index (χ4v) is 2.83.